The van der Waals surface area contributed by atoms with Crippen LogP contribution in [0.5, 0.6) is 11.5 Å². The van der Waals surface area contributed by atoms with Crippen LogP contribution in [0.2, 0.25) is 5.02 Å². The molecule has 0 atom stereocenters. The van der Waals surface area contributed by atoms with Gasteiger partial charge < -0.3 is 20.1 Å². The van der Waals surface area contributed by atoms with Gasteiger partial charge in [0.15, 0.2) is 0 Å². The Morgan fingerprint density at radius 1 is 0.897 bits per heavy atom. The van der Waals surface area contributed by atoms with Crippen LogP contribution >= 0.6 is 11.6 Å². The molecule has 150 valence electrons. The molecule has 0 unspecified atom stereocenters. The van der Waals surface area contributed by atoms with Crippen molar-refractivity contribution in [2.24, 2.45) is 0 Å². The van der Waals surface area contributed by atoms with Crippen molar-refractivity contribution in [3.63, 3.8) is 0 Å². The Labute approximate surface area is 175 Å². The topological polar surface area (TPSA) is 59.6 Å². The predicted molar refractivity (Wildman–Crippen MR) is 117 cm³/mol. The summed E-state index contributed by atoms with van der Waals surface area (Å²) < 4.78 is 11.3. The van der Waals surface area contributed by atoms with Crippen molar-refractivity contribution in [1.82, 2.24) is 0 Å². The third-order valence-electron chi connectivity index (χ3n) is 4.15. The number of amides is 1. The molecule has 0 bridgehead atoms. The van der Waals surface area contributed by atoms with E-state index >= 15 is 0 Å². The maximum Gasteiger partial charge on any atom is 0.243 e. The lowest BCUT2D eigenvalue weighted by molar-refractivity contribution is -0.114. The molecule has 0 aliphatic rings. The quantitative estimate of drug-likeness (QED) is 0.478. The highest BCUT2D eigenvalue weighted by Gasteiger charge is 2.06. The Bertz CT molecular complexity index is 931. The van der Waals surface area contributed by atoms with E-state index in [-0.39, 0.29) is 12.5 Å². The van der Waals surface area contributed by atoms with Crippen LogP contribution in [0, 0.1) is 6.92 Å². The van der Waals surface area contributed by atoms with Crippen LogP contribution in [0.15, 0.2) is 72.8 Å². The van der Waals surface area contributed by atoms with Gasteiger partial charge in [0, 0.05) is 16.4 Å². The smallest absolute Gasteiger partial charge is 0.243 e. The van der Waals surface area contributed by atoms with Gasteiger partial charge in [-0.15, -0.1) is 0 Å². The van der Waals surface area contributed by atoms with E-state index in [1.807, 2.05) is 67.6 Å². The minimum Gasteiger partial charge on any atom is -0.490 e. The number of para-hydroxylation sites is 1. The van der Waals surface area contributed by atoms with Crippen LogP contribution < -0.4 is 20.1 Å². The first-order chi connectivity index (χ1) is 14.1. The van der Waals surface area contributed by atoms with E-state index in [9.17, 15) is 4.79 Å². The number of carbonyl (C=O) groups is 1. The fourth-order valence-corrected chi connectivity index (χ4v) is 2.78. The molecule has 3 aromatic carbocycles. The molecule has 1 amide bonds. The Kier molecular flexibility index (Phi) is 7.36. The van der Waals surface area contributed by atoms with Crippen molar-refractivity contribution in [3.05, 3.63) is 83.4 Å². The number of hydrogen-bond acceptors (Lipinski definition) is 4. The summed E-state index contributed by atoms with van der Waals surface area (Å²) in [5, 5.41) is 6.53. The molecule has 6 heteroatoms. The van der Waals surface area contributed by atoms with E-state index in [1.54, 1.807) is 12.1 Å². The SMILES string of the molecule is Cc1ccc(Cl)cc1NC(=O)CNc1ccc(OCCOc2ccccc2)cc1. The van der Waals surface area contributed by atoms with E-state index in [0.29, 0.717) is 23.9 Å². The third-order valence-corrected chi connectivity index (χ3v) is 4.38. The average molecular weight is 411 g/mol. The van der Waals surface area contributed by atoms with Crippen molar-refractivity contribution in [2.75, 3.05) is 30.4 Å². The monoisotopic (exact) mass is 410 g/mol. The second-order valence-electron chi connectivity index (χ2n) is 6.40. The number of anilines is 2. The summed E-state index contributed by atoms with van der Waals surface area (Å²) in [7, 11) is 0. The first-order valence-electron chi connectivity index (χ1n) is 9.31. The minimum absolute atomic E-state index is 0.145. The first-order valence-corrected chi connectivity index (χ1v) is 9.68. The van der Waals surface area contributed by atoms with Crippen LogP contribution in [-0.2, 0) is 4.79 Å². The molecule has 0 saturated carbocycles. The molecule has 0 fully saturated rings. The lowest BCUT2D eigenvalue weighted by atomic mass is 10.2. The normalized spacial score (nSPS) is 10.3. The summed E-state index contributed by atoms with van der Waals surface area (Å²) in [6.07, 6.45) is 0. The molecule has 0 saturated heterocycles. The van der Waals surface area contributed by atoms with Crippen molar-refractivity contribution >= 4 is 28.9 Å². The van der Waals surface area contributed by atoms with Gasteiger partial charge in [0.05, 0.1) is 6.54 Å². The van der Waals surface area contributed by atoms with E-state index < -0.39 is 0 Å². The molecule has 0 radical (unpaired) electrons. The molecule has 29 heavy (non-hydrogen) atoms. The highest BCUT2D eigenvalue weighted by Crippen LogP contribution is 2.20. The van der Waals surface area contributed by atoms with Gasteiger partial charge in [-0.3, -0.25) is 4.79 Å². The molecular weight excluding hydrogens is 388 g/mol. The molecule has 2 N–H and O–H groups in total. The standard InChI is InChI=1S/C23H23ClN2O3/c1-17-7-8-18(24)15-22(17)26-23(27)16-25-19-9-11-21(12-10-19)29-14-13-28-20-5-3-2-4-6-20/h2-12,15,25H,13-14,16H2,1H3,(H,26,27). The predicted octanol–water partition coefficient (Wildman–Crippen LogP) is 5.16. The number of carbonyl (C=O) groups excluding carboxylic acids is 1. The maximum atomic E-state index is 12.2. The fourth-order valence-electron chi connectivity index (χ4n) is 2.61. The Balaban J connectivity index is 1.39. The molecule has 0 aromatic heterocycles. The van der Waals surface area contributed by atoms with Gasteiger partial charge in [0.1, 0.15) is 24.7 Å². The summed E-state index contributed by atoms with van der Waals surface area (Å²) >= 11 is 5.98. The van der Waals surface area contributed by atoms with Crippen molar-refractivity contribution in [2.45, 2.75) is 6.92 Å². The summed E-state index contributed by atoms with van der Waals surface area (Å²) in [6.45, 7) is 2.98. The lowest BCUT2D eigenvalue weighted by Gasteiger charge is -2.11. The Hall–Kier alpha value is -3.18. The first kappa shape index (κ1) is 20.6. The molecule has 3 rings (SSSR count). The van der Waals surface area contributed by atoms with E-state index in [4.69, 9.17) is 21.1 Å². The Morgan fingerprint density at radius 2 is 1.55 bits per heavy atom. The summed E-state index contributed by atoms with van der Waals surface area (Å²) in [4.78, 5) is 12.2. The molecule has 0 spiro atoms. The zero-order chi connectivity index (χ0) is 20.5. The molecule has 0 heterocycles. The van der Waals surface area contributed by atoms with Gasteiger partial charge >= 0.3 is 0 Å². The number of hydrogen-bond donors (Lipinski definition) is 2. The fraction of sp³-hybridized carbons (Fsp3) is 0.174. The summed E-state index contributed by atoms with van der Waals surface area (Å²) in [5.41, 5.74) is 2.50. The summed E-state index contributed by atoms with van der Waals surface area (Å²) in [5.74, 6) is 1.42. The van der Waals surface area contributed by atoms with Crippen LogP contribution in [-0.4, -0.2) is 25.7 Å². The molecule has 0 aliphatic heterocycles. The Morgan fingerprint density at radius 3 is 2.24 bits per heavy atom. The van der Waals surface area contributed by atoms with Crippen LogP contribution in [0.1, 0.15) is 5.56 Å². The lowest BCUT2D eigenvalue weighted by Crippen LogP contribution is -2.22. The highest BCUT2D eigenvalue weighted by atomic mass is 35.5. The van der Waals surface area contributed by atoms with Gasteiger partial charge in [-0.1, -0.05) is 35.9 Å². The minimum atomic E-state index is -0.145. The van der Waals surface area contributed by atoms with E-state index in [1.165, 1.54) is 0 Å². The second kappa shape index (κ2) is 10.4. The van der Waals surface area contributed by atoms with E-state index in [0.717, 1.165) is 22.7 Å². The summed E-state index contributed by atoms with van der Waals surface area (Å²) in [6, 6.07) is 22.5. The average Bonchev–Trinajstić information content (AvgIpc) is 2.74. The van der Waals surface area contributed by atoms with Crippen LogP contribution in [0.3, 0.4) is 0 Å². The number of ether oxygens (including phenoxy) is 2. The van der Waals surface area contributed by atoms with Crippen LogP contribution in [0.4, 0.5) is 11.4 Å². The number of halogens is 1. The van der Waals surface area contributed by atoms with Gasteiger partial charge in [0.2, 0.25) is 5.91 Å². The molecule has 0 aliphatic carbocycles. The maximum absolute atomic E-state index is 12.2. The molecule has 5 nitrogen and oxygen atoms in total. The number of nitrogens with one attached hydrogen (secondary N) is 2. The second-order valence-corrected chi connectivity index (χ2v) is 6.83. The largest absolute Gasteiger partial charge is 0.490 e. The van der Waals surface area contributed by atoms with Crippen LogP contribution in [0.25, 0.3) is 0 Å². The van der Waals surface area contributed by atoms with Gasteiger partial charge in [-0.25, -0.2) is 0 Å². The number of benzene rings is 3. The van der Waals surface area contributed by atoms with Crippen molar-refractivity contribution < 1.29 is 14.3 Å². The van der Waals surface area contributed by atoms with Crippen molar-refractivity contribution in [3.8, 4) is 11.5 Å². The highest BCUT2D eigenvalue weighted by molar-refractivity contribution is 6.31. The number of aryl methyl sites for hydroxylation is 1. The molecular formula is C23H23ClN2O3. The van der Waals surface area contributed by atoms with Crippen molar-refractivity contribution in [1.29, 1.82) is 0 Å². The number of rotatable bonds is 9. The zero-order valence-corrected chi connectivity index (χ0v) is 16.9. The van der Waals surface area contributed by atoms with Gasteiger partial charge in [-0.2, -0.15) is 0 Å². The third kappa shape index (κ3) is 6.73. The molecule has 3 aromatic rings. The zero-order valence-electron chi connectivity index (χ0n) is 16.2. The van der Waals surface area contributed by atoms with E-state index in [2.05, 4.69) is 10.6 Å². The van der Waals surface area contributed by atoms with Gasteiger partial charge in [-0.05, 0) is 61.0 Å². The van der Waals surface area contributed by atoms with Gasteiger partial charge in [0.25, 0.3) is 0 Å².